The smallest absolute Gasteiger partial charge is 0.105 e. The second kappa shape index (κ2) is 9.03. The summed E-state index contributed by atoms with van der Waals surface area (Å²) < 4.78 is 2.27. The summed E-state index contributed by atoms with van der Waals surface area (Å²) in [4.78, 5) is 7.01. The highest BCUT2D eigenvalue weighted by molar-refractivity contribution is 5.23. The third kappa shape index (κ3) is 6.18. The van der Waals surface area contributed by atoms with Crippen LogP contribution in [0.2, 0.25) is 0 Å². The summed E-state index contributed by atoms with van der Waals surface area (Å²) >= 11 is 0. The fourth-order valence-electron chi connectivity index (χ4n) is 4.02. The maximum atomic E-state index is 9.90. The van der Waals surface area contributed by atoms with Crippen LogP contribution in [-0.2, 0) is 19.5 Å². The monoisotopic (exact) mass is 369 g/mol. The van der Waals surface area contributed by atoms with E-state index in [1.807, 2.05) is 20.0 Å². The van der Waals surface area contributed by atoms with Crippen molar-refractivity contribution in [2.45, 2.75) is 84.0 Å². The van der Waals surface area contributed by atoms with Crippen molar-refractivity contribution in [1.29, 1.82) is 0 Å². The van der Waals surface area contributed by atoms with Crippen molar-refractivity contribution in [3.05, 3.63) is 53.6 Å². The van der Waals surface area contributed by atoms with Crippen LogP contribution >= 0.6 is 0 Å². The molecule has 0 saturated carbocycles. The van der Waals surface area contributed by atoms with Crippen LogP contribution in [-0.4, -0.2) is 37.7 Å². The maximum Gasteiger partial charge on any atom is 0.105 e. The zero-order chi connectivity index (χ0) is 19.3. The Hall–Kier alpha value is -1.65. The molecule has 0 radical (unpaired) electrons. The molecular formula is C23H35N3O. The van der Waals surface area contributed by atoms with Crippen molar-refractivity contribution in [2.24, 2.45) is 0 Å². The van der Waals surface area contributed by atoms with E-state index in [0.29, 0.717) is 6.04 Å². The molecule has 27 heavy (non-hydrogen) atoms. The molecule has 4 heteroatoms. The van der Waals surface area contributed by atoms with Gasteiger partial charge in [-0.05, 0) is 70.5 Å². The molecule has 3 rings (SSSR count). The lowest BCUT2D eigenvalue weighted by Gasteiger charge is -2.36. The van der Waals surface area contributed by atoms with E-state index in [0.717, 1.165) is 31.8 Å². The summed E-state index contributed by atoms with van der Waals surface area (Å²) in [5.74, 6) is 1.11. The van der Waals surface area contributed by atoms with Crippen LogP contribution in [0, 0.1) is 6.92 Å². The molecule has 0 bridgehead atoms. The molecule has 4 nitrogen and oxygen atoms in total. The van der Waals surface area contributed by atoms with Gasteiger partial charge in [-0.25, -0.2) is 4.98 Å². The minimum absolute atomic E-state index is 0.590. The van der Waals surface area contributed by atoms with Crippen LogP contribution in [0.5, 0.6) is 0 Å². The molecule has 1 saturated heterocycles. The summed E-state index contributed by atoms with van der Waals surface area (Å²) in [5.41, 5.74) is 2.12. The van der Waals surface area contributed by atoms with Crippen LogP contribution in [0.3, 0.4) is 0 Å². The third-order valence-corrected chi connectivity index (χ3v) is 5.81. The molecule has 0 aliphatic carbocycles. The number of hydrogen-bond acceptors (Lipinski definition) is 3. The van der Waals surface area contributed by atoms with Crippen LogP contribution in [0.4, 0.5) is 0 Å². The first-order chi connectivity index (χ1) is 12.9. The van der Waals surface area contributed by atoms with Gasteiger partial charge in [0, 0.05) is 31.5 Å². The number of aromatic nitrogens is 2. The molecule has 2 heterocycles. The Morgan fingerprint density at radius 1 is 1.15 bits per heavy atom. The molecule has 1 N–H and O–H groups in total. The predicted molar refractivity (Wildman–Crippen MR) is 111 cm³/mol. The van der Waals surface area contributed by atoms with Gasteiger partial charge in [0.05, 0.1) is 5.60 Å². The fourth-order valence-corrected chi connectivity index (χ4v) is 4.02. The minimum Gasteiger partial charge on any atom is -0.390 e. The van der Waals surface area contributed by atoms with E-state index in [-0.39, 0.29) is 0 Å². The summed E-state index contributed by atoms with van der Waals surface area (Å²) in [6.07, 6.45) is 10.9. The lowest BCUT2D eigenvalue weighted by Crippen LogP contribution is -2.39. The Morgan fingerprint density at radius 3 is 2.56 bits per heavy atom. The molecule has 0 unspecified atom stereocenters. The lowest BCUT2D eigenvalue weighted by atomic mass is 9.97. The molecule has 2 aromatic rings. The minimum atomic E-state index is -0.590. The zero-order valence-electron chi connectivity index (χ0n) is 17.2. The Labute approximate surface area is 164 Å². The van der Waals surface area contributed by atoms with Crippen molar-refractivity contribution in [1.82, 2.24) is 14.5 Å². The number of nitrogens with zero attached hydrogens (tertiary/aromatic N) is 3. The Bertz CT molecular complexity index is 699. The highest BCUT2D eigenvalue weighted by Crippen LogP contribution is 2.23. The molecule has 1 atom stereocenters. The second-order valence-electron chi connectivity index (χ2n) is 8.71. The SMILES string of the molecule is Cc1nccn1CC[C@@H]1CCCCN1Cc1ccc(CCC(C)(C)O)cc1. The van der Waals surface area contributed by atoms with Gasteiger partial charge in [-0.2, -0.15) is 0 Å². The van der Waals surface area contributed by atoms with Gasteiger partial charge in [0.25, 0.3) is 0 Å². The predicted octanol–water partition coefficient (Wildman–Crippen LogP) is 4.34. The molecule has 1 aliphatic rings. The van der Waals surface area contributed by atoms with Gasteiger partial charge in [-0.1, -0.05) is 30.7 Å². The summed E-state index contributed by atoms with van der Waals surface area (Å²) in [5, 5.41) is 9.90. The molecule has 148 valence electrons. The first-order valence-corrected chi connectivity index (χ1v) is 10.4. The Morgan fingerprint density at radius 2 is 1.89 bits per heavy atom. The zero-order valence-corrected chi connectivity index (χ0v) is 17.2. The molecule has 1 aromatic carbocycles. The van der Waals surface area contributed by atoms with Crippen molar-refractivity contribution in [3.8, 4) is 0 Å². The van der Waals surface area contributed by atoms with Crippen LogP contribution < -0.4 is 0 Å². The van der Waals surface area contributed by atoms with E-state index in [2.05, 4.69) is 51.8 Å². The quantitative estimate of drug-likeness (QED) is 0.752. The lowest BCUT2D eigenvalue weighted by molar-refractivity contribution is 0.0714. The van der Waals surface area contributed by atoms with Crippen LogP contribution in [0.25, 0.3) is 0 Å². The van der Waals surface area contributed by atoms with E-state index >= 15 is 0 Å². The largest absolute Gasteiger partial charge is 0.390 e. The molecule has 1 aliphatic heterocycles. The van der Waals surface area contributed by atoms with Crippen LogP contribution in [0.15, 0.2) is 36.7 Å². The van der Waals surface area contributed by atoms with E-state index < -0.39 is 5.60 Å². The average molecular weight is 370 g/mol. The van der Waals surface area contributed by atoms with E-state index in [4.69, 9.17) is 0 Å². The van der Waals surface area contributed by atoms with Gasteiger partial charge in [-0.15, -0.1) is 0 Å². The van der Waals surface area contributed by atoms with Gasteiger partial charge in [0.1, 0.15) is 5.82 Å². The number of imidazole rings is 1. The highest BCUT2D eigenvalue weighted by Gasteiger charge is 2.22. The van der Waals surface area contributed by atoms with Gasteiger partial charge in [-0.3, -0.25) is 4.90 Å². The number of benzene rings is 1. The first kappa shape index (κ1) is 20.1. The van der Waals surface area contributed by atoms with Crippen LogP contribution in [0.1, 0.15) is 62.9 Å². The molecular weight excluding hydrogens is 334 g/mol. The number of likely N-dealkylation sites (tertiary alicyclic amines) is 1. The molecule has 0 amide bonds. The number of piperidine rings is 1. The third-order valence-electron chi connectivity index (χ3n) is 5.81. The standard InChI is InChI=1S/C23H35N3O/c1-19-24-14-17-25(19)16-12-22-6-4-5-15-26(22)18-21-9-7-20(8-10-21)11-13-23(2,3)27/h7-10,14,17,22,27H,4-6,11-13,15-16,18H2,1-3H3/t22-/m0/s1. The fraction of sp³-hybridized carbons (Fsp3) is 0.609. The van der Waals surface area contributed by atoms with Crippen molar-refractivity contribution >= 4 is 0 Å². The summed E-state index contributed by atoms with van der Waals surface area (Å²) in [7, 11) is 0. The average Bonchev–Trinajstić information content (AvgIpc) is 3.05. The van der Waals surface area contributed by atoms with Crippen molar-refractivity contribution in [2.75, 3.05) is 6.54 Å². The first-order valence-electron chi connectivity index (χ1n) is 10.4. The van der Waals surface area contributed by atoms with Crippen molar-refractivity contribution in [3.63, 3.8) is 0 Å². The second-order valence-corrected chi connectivity index (χ2v) is 8.71. The van der Waals surface area contributed by atoms with Gasteiger partial charge >= 0.3 is 0 Å². The number of hydrogen-bond donors (Lipinski definition) is 1. The van der Waals surface area contributed by atoms with Gasteiger partial charge in [0.2, 0.25) is 0 Å². The summed E-state index contributed by atoms with van der Waals surface area (Å²) in [6.45, 7) is 9.14. The van der Waals surface area contributed by atoms with E-state index in [1.165, 1.54) is 43.4 Å². The molecule has 1 fully saturated rings. The van der Waals surface area contributed by atoms with Crippen molar-refractivity contribution < 1.29 is 5.11 Å². The van der Waals surface area contributed by atoms with E-state index in [9.17, 15) is 5.11 Å². The normalized spacial score (nSPS) is 18.7. The van der Waals surface area contributed by atoms with Gasteiger partial charge < -0.3 is 9.67 Å². The van der Waals surface area contributed by atoms with E-state index in [1.54, 1.807) is 0 Å². The Kier molecular flexibility index (Phi) is 6.72. The van der Waals surface area contributed by atoms with Gasteiger partial charge in [0.15, 0.2) is 0 Å². The maximum absolute atomic E-state index is 9.90. The topological polar surface area (TPSA) is 41.3 Å². The Balaban J connectivity index is 1.55. The molecule has 1 aromatic heterocycles. The number of rotatable bonds is 8. The highest BCUT2D eigenvalue weighted by atomic mass is 16.3. The number of aliphatic hydroxyl groups is 1. The number of aryl methyl sites for hydroxylation is 3. The summed E-state index contributed by atoms with van der Waals surface area (Å²) in [6, 6.07) is 9.66. The molecule has 0 spiro atoms.